The zero-order valence-corrected chi connectivity index (χ0v) is 21.0. The number of nitrogens with zero attached hydrogens (tertiary/aromatic N) is 4. The maximum Gasteiger partial charge on any atom is 0.222 e. The number of nitrogen functional groups attached to an aromatic ring is 1. The van der Waals surface area contributed by atoms with Gasteiger partial charge in [0.25, 0.3) is 0 Å². The molecule has 1 aliphatic heterocycles. The number of methoxy groups -OCH3 is 1. The van der Waals surface area contributed by atoms with Gasteiger partial charge in [-0.05, 0) is 37.0 Å². The molecule has 4 rings (SSSR count). The summed E-state index contributed by atoms with van der Waals surface area (Å²) < 4.78 is 12.8. The van der Waals surface area contributed by atoms with Crippen molar-refractivity contribution < 1.29 is 19.7 Å². The number of nitrogens with two attached hydrogens (primary N) is 1. The second kappa shape index (κ2) is 12.3. The number of aromatic nitrogens is 4. The number of aliphatic hydroxyl groups excluding tert-OH is 2. The Morgan fingerprint density at radius 1 is 1.31 bits per heavy atom. The summed E-state index contributed by atoms with van der Waals surface area (Å²) in [5, 5.41) is 31.1. The fourth-order valence-electron chi connectivity index (χ4n) is 4.66. The molecule has 3 heterocycles. The van der Waals surface area contributed by atoms with Crippen LogP contribution in [0.2, 0.25) is 0 Å². The van der Waals surface area contributed by atoms with Crippen LogP contribution in [-0.4, -0.2) is 75.1 Å². The average molecular weight is 500 g/mol. The number of anilines is 2. The van der Waals surface area contributed by atoms with Gasteiger partial charge in [0, 0.05) is 37.4 Å². The molecule has 0 aliphatic carbocycles. The first kappa shape index (κ1) is 26.1. The van der Waals surface area contributed by atoms with E-state index in [2.05, 4.69) is 38.7 Å². The summed E-state index contributed by atoms with van der Waals surface area (Å²) in [6.45, 7) is 4.26. The van der Waals surface area contributed by atoms with Crippen LogP contribution in [0.4, 0.5) is 11.8 Å². The number of hydrogen-bond acceptors (Lipinski definition) is 10. The molecule has 1 saturated heterocycles. The molecule has 0 saturated carbocycles. The van der Waals surface area contributed by atoms with Crippen molar-refractivity contribution in [2.45, 2.75) is 63.9 Å². The van der Waals surface area contributed by atoms with Crippen molar-refractivity contribution in [3.05, 3.63) is 35.5 Å². The first-order valence-electron chi connectivity index (χ1n) is 12.5. The Hall–Kier alpha value is -2.99. The normalized spacial score (nSPS) is 18.9. The van der Waals surface area contributed by atoms with Crippen molar-refractivity contribution in [1.29, 1.82) is 0 Å². The molecule has 11 heteroatoms. The molecule has 3 atom stereocenters. The van der Waals surface area contributed by atoms with E-state index in [1.54, 1.807) is 13.3 Å². The van der Waals surface area contributed by atoms with E-state index in [1.807, 2.05) is 16.8 Å². The van der Waals surface area contributed by atoms with Gasteiger partial charge in [0.1, 0.15) is 16.8 Å². The summed E-state index contributed by atoms with van der Waals surface area (Å²) in [5.74, 6) is 1.53. The van der Waals surface area contributed by atoms with E-state index in [0.717, 1.165) is 41.7 Å². The Labute approximate surface area is 211 Å². The molecule has 1 fully saturated rings. The minimum atomic E-state index is -0.507. The highest BCUT2D eigenvalue weighted by Gasteiger charge is 2.23. The highest BCUT2D eigenvalue weighted by molar-refractivity contribution is 5.86. The minimum Gasteiger partial charge on any atom is -0.496 e. The molecule has 196 valence electrons. The summed E-state index contributed by atoms with van der Waals surface area (Å²) in [4.78, 5) is 8.83. The van der Waals surface area contributed by atoms with Crippen LogP contribution in [0.3, 0.4) is 0 Å². The molecule has 36 heavy (non-hydrogen) atoms. The van der Waals surface area contributed by atoms with E-state index in [1.165, 1.54) is 0 Å². The van der Waals surface area contributed by atoms with Gasteiger partial charge in [-0.3, -0.25) is 4.68 Å². The van der Waals surface area contributed by atoms with Crippen molar-refractivity contribution in [2.24, 2.45) is 0 Å². The highest BCUT2D eigenvalue weighted by atomic mass is 16.5. The first-order chi connectivity index (χ1) is 17.5. The van der Waals surface area contributed by atoms with E-state index >= 15 is 0 Å². The van der Waals surface area contributed by atoms with Crippen LogP contribution in [0.1, 0.15) is 43.7 Å². The second-order valence-corrected chi connectivity index (χ2v) is 9.17. The number of nitrogens with one attached hydrogen (secondary N) is 2. The Balaban J connectivity index is 1.59. The Bertz CT molecular complexity index is 1130. The Morgan fingerprint density at radius 3 is 2.92 bits per heavy atom. The van der Waals surface area contributed by atoms with Crippen molar-refractivity contribution in [1.82, 2.24) is 25.1 Å². The Kier molecular flexibility index (Phi) is 8.92. The van der Waals surface area contributed by atoms with E-state index < -0.39 is 6.10 Å². The monoisotopic (exact) mass is 499 g/mol. The fraction of sp³-hybridized carbons (Fsp3) is 0.560. The summed E-state index contributed by atoms with van der Waals surface area (Å²) >= 11 is 0. The molecule has 6 N–H and O–H groups in total. The van der Waals surface area contributed by atoms with Crippen LogP contribution < -0.4 is 21.1 Å². The van der Waals surface area contributed by atoms with Crippen molar-refractivity contribution in [3.63, 3.8) is 0 Å². The summed E-state index contributed by atoms with van der Waals surface area (Å²) in [6, 6.07) is 6.12. The lowest BCUT2D eigenvalue weighted by Gasteiger charge is -2.28. The summed E-state index contributed by atoms with van der Waals surface area (Å²) in [7, 11) is 1.65. The third kappa shape index (κ3) is 6.22. The smallest absolute Gasteiger partial charge is 0.222 e. The predicted molar refractivity (Wildman–Crippen MR) is 138 cm³/mol. The maximum atomic E-state index is 10.2. The first-order valence-corrected chi connectivity index (χ1v) is 12.5. The van der Waals surface area contributed by atoms with Crippen LogP contribution in [0.15, 0.2) is 24.4 Å². The van der Waals surface area contributed by atoms with Gasteiger partial charge in [0.05, 0.1) is 32.6 Å². The van der Waals surface area contributed by atoms with E-state index in [0.29, 0.717) is 44.1 Å². The van der Waals surface area contributed by atoms with Crippen molar-refractivity contribution in [3.8, 4) is 5.75 Å². The van der Waals surface area contributed by atoms with Gasteiger partial charge in [0.15, 0.2) is 5.82 Å². The fourth-order valence-corrected chi connectivity index (χ4v) is 4.66. The van der Waals surface area contributed by atoms with Gasteiger partial charge in [0.2, 0.25) is 5.95 Å². The number of aliphatic hydroxyl groups is 2. The third-order valence-corrected chi connectivity index (χ3v) is 6.52. The molecular formula is C25H37N7O4. The van der Waals surface area contributed by atoms with Crippen LogP contribution in [-0.2, 0) is 17.8 Å². The molecule has 11 nitrogen and oxygen atoms in total. The zero-order valence-electron chi connectivity index (χ0n) is 21.0. The molecule has 0 spiro atoms. The number of fused-ring (bicyclic) bond motifs is 1. The van der Waals surface area contributed by atoms with Crippen LogP contribution in [0.5, 0.6) is 5.75 Å². The molecular weight excluding hydrogens is 462 g/mol. The molecule has 0 radical (unpaired) electrons. The largest absolute Gasteiger partial charge is 0.496 e. The SMILES string of the molecule is CCC[C@@H](CCO)Nc1nc(N)nc2cnn(Cc3cc(CN[C@H]4CCOC[C@H]4O)ccc3OC)c12. The van der Waals surface area contributed by atoms with Gasteiger partial charge in [-0.25, -0.2) is 4.98 Å². The molecule has 0 bridgehead atoms. The number of benzene rings is 1. The van der Waals surface area contributed by atoms with Gasteiger partial charge < -0.3 is 36.1 Å². The molecule has 3 aromatic rings. The third-order valence-electron chi connectivity index (χ3n) is 6.52. The molecule has 0 amide bonds. The lowest BCUT2D eigenvalue weighted by atomic mass is 10.0. The second-order valence-electron chi connectivity index (χ2n) is 9.17. The van der Waals surface area contributed by atoms with E-state index in [-0.39, 0.29) is 24.6 Å². The van der Waals surface area contributed by atoms with Gasteiger partial charge >= 0.3 is 0 Å². The molecule has 2 aromatic heterocycles. The van der Waals surface area contributed by atoms with Gasteiger partial charge in [-0.1, -0.05) is 19.4 Å². The number of hydrogen-bond donors (Lipinski definition) is 5. The number of ether oxygens (including phenoxy) is 2. The quantitative estimate of drug-likeness (QED) is 0.249. The van der Waals surface area contributed by atoms with Gasteiger partial charge in [-0.15, -0.1) is 0 Å². The summed E-state index contributed by atoms with van der Waals surface area (Å²) in [6.07, 6.45) is 4.43. The topological polar surface area (TPSA) is 153 Å². The van der Waals surface area contributed by atoms with Crippen molar-refractivity contribution >= 4 is 22.8 Å². The molecule has 0 unspecified atom stereocenters. The van der Waals surface area contributed by atoms with Crippen LogP contribution in [0, 0.1) is 0 Å². The van der Waals surface area contributed by atoms with Crippen LogP contribution in [0.25, 0.3) is 11.0 Å². The zero-order chi connectivity index (χ0) is 25.5. The lowest BCUT2D eigenvalue weighted by Crippen LogP contribution is -2.46. The predicted octanol–water partition coefficient (Wildman–Crippen LogP) is 1.67. The highest BCUT2D eigenvalue weighted by Crippen LogP contribution is 2.27. The maximum absolute atomic E-state index is 10.2. The van der Waals surface area contributed by atoms with Crippen molar-refractivity contribution in [2.75, 3.05) is 38.0 Å². The standard InChI is InChI=1S/C25H37N7O4/c1-3-4-18(7-9-33)29-24-23-20(30-25(26)31-24)13-28-32(23)14-17-11-16(5-6-22(17)35-2)12-27-19-8-10-36-15-21(19)34/h5-6,11,13,18-19,21,27,33-34H,3-4,7-10,12,14-15H2,1-2H3,(H3,26,29,30,31)/t18-,19-,21+/m0/s1. The van der Waals surface area contributed by atoms with E-state index in [4.69, 9.17) is 15.2 Å². The average Bonchev–Trinajstić information content (AvgIpc) is 3.26. The van der Waals surface area contributed by atoms with Crippen LogP contribution >= 0.6 is 0 Å². The molecule has 1 aliphatic rings. The lowest BCUT2D eigenvalue weighted by molar-refractivity contribution is -0.0280. The Morgan fingerprint density at radius 2 is 2.17 bits per heavy atom. The molecule has 1 aromatic carbocycles. The summed E-state index contributed by atoms with van der Waals surface area (Å²) in [5.41, 5.74) is 9.41. The van der Waals surface area contributed by atoms with E-state index in [9.17, 15) is 10.2 Å². The number of rotatable bonds is 12. The minimum absolute atomic E-state index is 0.00517. The van der Waals surface area contributed by atoms with Gasteiger partial charge in [-0.2, -0.15) is 10.1 Å².